The summed E-state index contributed by atoms with van der Waals surface area (Å²) in [5.74, 6) is 1.69. The van der Waals surface area contributed by atoms with E-state index in [0.29, 0.717) is 24.0 Å². The zero-order valence-electron chi connectivity index (χ0n) is 13.7. The molecule has 0 bridgehead atoms. The van der Waals surface area contributed by atoms with Crippen molar-refractivity contribution in [1.29, 1.82) is 0 Å². The van der Waals surface area contributed by atoms with Crippen molar-refractivity contribution in [3.63, 3.8) is 0 Å². The maximum absolute atomic E-state index is 13.0. The van der Waals surface area contributed by atoms with E-state index in [9.17, 15) is 4.79 Å². The number of hydrogen-bond donors (Lipinski definition) is 0. The normalized spacial score (nSPS) is 18.2. The Balaban J connectivity index is 1.77. The van der Waals surface area contributed by atoms with Crippen LogP contribution in [0.4, 0.5) is 0 Å². The molecule has 0 N–H and O–H groups in total. The highest BCUT2D eigenvalue weighted by atomic mass is 16.5. The Labute approximate surface area is 135 Å². The molecule has 0 saturated carbocycles. The van der Waals surface area contributed by atoms with E-state index in [0.717, 1.165) is 12.8 Å². The standard InChI is InChI=1S/C17H21N3O3/c1-12-18-15(23-19-12)14-10-7-11-20(14)16(21)17(2,3)22-13-8-5-4-6-9-13/h4-6,8-9,14H,7,10-11H2,1-3H3/t14-/m0/s1. The van der Waals surface area contributed by atoms with Crippen LogP contribution in [0.2, 0.25) is 0 Å². The lowest BCUT2D eigenvalue weighted by Crippen LogP contribution is -2.48. The molecule has 0 radical (unpaired) electrons. The topological polar surface area (TPSA) is 68.5 Å². The van der Waals surface area contributed by atoms with Crippen molar-refractivity contribution in [2.24, 2.45) is 0 Å². The highest BCUT2D eigenvalue weighted by molar-refractivity contribution is 5.85. The van der Waals surface area contributed by atoms with E-state index in [1.165, 1.54) is 0 Å². The lowest BCUT2D eigenvalue weighted by molar-refractivity contribution is -0.147. The molecule has 1 aromatic carbocycles. The van der Waals surface area contributed by atoms with Crippen LogP contribution >= 0.6 is 0 Å². The monoisotopic (exact) mass is 315 g/mol. The van der Waals surface area contributed by atoms with Crippen molar-refractivity contribution in [1.82, 2.24) is 15.0 Å². The smallest absolute Gasteiger partial charge is 0.266 e. The van der Waals surface area contributed by atoms with Crippen molar-refractivity contribution in [2.45, 2.75) is 45.3 Å². The molecule has 1 amide bonds. The highest BCUT2D eigenvalue weighted by Crippen LogP contribution is 2.33. The van der Waals surface area contributed by atoms with E-state index in [1.54, 1.807) is 25.7 Å². The van der Waals surface area contributed by atoms with Crippen molar-refractivity contribution in [3.8, 4) is 5.75 Å². The van der Waals surface area contributed by atoms with Gasteiger partial charge in [0.2, 0.25) is 5.89 Å². The minimum Gasteiger partial charge on any atom is -0.478 e. The molecule has 1 atom stereocenters. The Hall–Kier alpha value is -2.37. The first-order chi connectivity index (χ1) is 11.0. The number of carbonyl (C=O) groups excluding carboxylic acids is 1. The van der Waals surface area contributed by atoms with Gasteiger partial charge in [-0.2, -0.15) is 4.98 Å². The van der Waals surface area contributed by atoms with Gasteiger partial charge in [-0.05, 0) is 45.7 Å². The molecule has 1 aliphatic heterocycles. The number of hydrogen-bond acceptors (Lipinski definition) is 5. The lowest BCUT2D eigenvalue weighted by Gasteiger charge is -2.32. The van der Waals surface area contributed by atoms with Gasteiger partial charge in [0.15, 0.2) is 11.4 Å². The van der Waals surface area contributed by atoms with Gasteiger partial charge in [0, 0.05) is 6.54 Å². The number of benzene rings is 1. The van der Waals surface area contributed by atoms with Gasteiger partial charge >= 0.3 is 0 Å². The van der Waals surface area contributed by atoms with Gasteiger partial charge in [0.1, 0.15) is 11.8 Å². The third kappa shape index (κ3) is 3.21. The third-order valence-electron chi connectivity index (χ3n) is 3.97. The second-order valence-electron chi connectivity index (χ2n) is 6.26. The summed E-state index contributed by atoms with van der Waals surface area (Å²) in [6.45, 7) is 6.02. The van der Waals surface area contributed by atoms with Gasteiger partial charge in [-0.25, -0.2) is 0 Å². The molecule has 6 nitrogen and oxygen atoms in total. The molecular weight excluding hydrogens is 294 g/mol. The zero-order valence-corrected chi connectivity index (χ0v) is 13.7. The molecule has 23 heavy (non-hydrogen) atoms. The van der Waals surface area contributed by atoms with Crippen LogP contribution in [-0.4, -0.2) is 33.1 Å². The van der Waals surface area contributed by atoms with Gasteiger partial charge in [0.05, 0.1) is 0 Å². The number of aryl methyl sites for hydroxylation is 1. The van der Waals surface area contributed by atoms with Gasteiger partial charge in [-0.1, -0.05) is 23.4 Å². The largest absolute Gasteiger partial charge is 0.478 e. The summed E-state index contributed by atoms with van der Waals surface area (Å²) in [6.07, 6.45) is 1.74. The summed E-state index contributed by atoms with van der Waals surface area (Å²) in [4.78, 5) is 19.0. The molecule has 2 aromatic rings. The van der Waals surface area contributed by atoms with Crippen molar-refractivity contribution in [3.05, 3.63) is 42.0 Å². The van der Waals surface area contributed by atoms with Crippen LogP contribution in [0.1, 0.15) is 44.4 Å². The Morgan fingerprint density at radius 3 is 2.74 bits per heavy atom. The summed E-state index contributed by atoms with van der Waals surface area (Å²) in [6, 6.07) is 9.21. The Kier molecular flexibility index (Phi) is 4.07. The fourth-order valence-corrected chi connectivity index (χ4v) is 2.89. The number of carbonyl (C=O) groups is 1. The molecule has 0 unspecified atom stereocenters. The fourth-order valence-electron chi connectivity index (χ4n) is 2.89. The maximum atomic E-state index is 13.0. The summed E-state index contributed by atoms with van der Waals surface area (Å²) < 4.78 is 11.2. The van der Waals surface area contributed by atoms with E-state index in [4.69, 9.17) is 9.26 Å². The minimum atomic E-state index is -0.959. The first kappa shape index (κ1) is 15.5. The van der Waals surface area contributed by atoms with Gasteiger partial charge in [-0.3, -0.25) is 4.79 Å². The number of rotatable bonds is 4. The molecule has 1 aromatic heterocycles. The Morgan fingerprint density at radius 2 is 2.09 bits per heavy atom. The lowest BCUT2D eigenvalue weighted by atomic mass is 10.1. The second kappa shape index (κ2) is 6.02. The Morgan fingerprint density at radius 1 is 1.35 bits per heavy atom. The zero-order chi connectivity index (χ0) is 16.4. The van der Waals surface area contributed by atoms with Crippen molar-refractivity contribution >= 4 is 5.91 Å². The quantitative estimate of drug-likeness (QED) is 0.867. The van der Waals surface area contributed by atoms with Gasteiger partial charge < -0.3 is 14.2 Å². The van der Waals surface area contributed by atoms with Crippen LogP contribution in [-0.2, 0) is 4.79 Å². The summed E-state index contributed by atoms with van der Waals surface area (Å²) in [7, 11) is 0. The van der Waals surface area contributed by atoms with Crippen molar-refractivity contribution in [2.75, 3.05) is 6.54 Å². The summed E-state index contributed by atoms with van der Waals surface area (Å²) in [5.41, 5.74) is -0.959. The van der Waals surface area contributed by atoms with Gasteiger partial charge in [0.25, 0.3) is 5.91 Å². The molecule has 6 heteroatoms. The predicted octanol–water partition coefficient (Wildman–Crippen LogP) is 2.90. The number of amides is 1. The number of ether oxygens (including phenoxy) is 1. The van der Waals surface area contributed by atoms with Gasteiger partial charge in [-0.15, -0.1) is 0 Å². The molecule has 1 fully saturated rings. The third-order valence-corrected chi connectivity index (χ3v) is 3.97. The van der Waals surface area contributed by atoms with Crippen LogP contribution in [0.25, 0.3) is 0 Å². The molecular formula is C17H21N3O3. The number of aromatic nitrogens is 2. The number of nitrogens with zero attached hydrogens (tertiary/aromatic N) is 3. The number of para-hydroxylation sites is 1. The molecule has 122 valence electrons. The highest BCUT2D eigenvalue weighted by Gasteiger charge is 2.41. The SMILES string of the molecule is Cc1noc([C@@H]2CCCN2C(=O)C(C)(C)Oc2ccccc2)n1. The molecule has 0 spiro atoms. The molecule has 0 aliphatic carbocycles. The van der Waals surface area contributed by atoms with Crippen LogP contribution in [0.15, 0.2) is 34.9 Å². The van der Waals surface area contributed by atoms with Crippen LogP contribution in [0.3, 0.4) is 0 Å². The van der Waals surface area contributed by atoms with E-state index in [1.807, 2.05) is 30.3 Å². The molecule has 1 aliphatic rings. The van der Waals surface area contributed by atoms with Crippen LogP contribution in [0, 0.1) is 6.92 Å². The predicted molar refractivity (Wildman–Crippen MR) is 83.9 cm³/mol. The maximum Gasteiger partial charge on any atom is 0.266 e. The summed E-state index contributed by atoms with van der Waals surface area (Å²) >= 11 is 0. The first-order valence-electron chi connectivity index (χ1n) is 7.83. The van der Waals surface area contributed by atoms with Crippen molar-refractivity contribution < 1.29 is 14.1 Å². The van der Waals surface area contributed by atoms with E-state index < -0.39 is 5.60 Å². The van der Waals surface area contributed by atoms with Crippen LogP contribution < -0.4 is 4.74 Å². The molecule has 2 heterocycles. The number of likely N-dealkylation sites (tertiary alicyclic amines) is 1. The first-order valence-corrected chi connectivity index (χ1v) is 7.83. The Bertz CT molecular complexity index is 681. The van der Waals surface area contributed by atoms with Crippen LogP contribution in [0.5, 0.6) is 5.75 Å². The average Bonchev–Trinajstić information content (AvgIpc) is 3.15. The van der Waals surface area contributed by atoms with E-state index >= 15 is 0 Å². The average molecular weight is 315 g/mol. The summed E-state index contributed by atoms with van der Waals surface area (Å²) in [5, 5.41) is 3.83. The second-order valence-corrected chi connectivity index (χ2v) is 6.26. The van der Waals surface area contributed by atoms with E-state index in [2.05, 4.69) is 10.1 Å². The fraction of sp³-hybridized carbons (Fsp3) is 0.471. The minimum absolute atomic E-state index is 0.0697. The van der Waals surface area contributed by atoms with E-state index in [-0.39, 0.29) is 11.9 Å². The molecule has 3 rings (SSSR count). The molecule has 1 saturated heterocycles.